The lowest BCUT2D eigenvalue weighted by atomic mass is 10.1. The van der Waals surface area contributed by atoms with E-state index < -0.39 is 23.9 Å². The molecule has 0 aliphatic heterocycles. The van der Waals surface area contributed by atoms with Crippen molar-refractivity contribution in [1.29, 1.82) is 0 Å². The Balaban J connectivity index is 2.03. The Morgan fingerprint density at radius 3 is 2.40 bits per heavy atom. The molecule has 2 aromatic rings. The van der Waals surface area contributed by atoms with E-state index in [0.717, 1.165) is 0 Å². The predicted molar refractivity (Wildman–Crippen MR) is 97.0 cm³/mol. The summed E-state index contributed by atoms with van der Waals surface area (Å²) >= 11 is 3.13. The van der Waals surface area contributed by atoms with Crippen LogP contribution in [-0.2, 0) is 4.79 Å². The molecular formula is C18H18BrFN2O3. The van der Waals surface area contributed by atoms with Crippen LogP contribution in [0.1, 0.15) is 13.8 Å². The maximum atomic E-state index is 13.8. The van der Waals surface area contributed by atoms with Gasteiger partial charge in [0.05, 0.1) is 0 Å². The first kappa shape index (κ1) is 18.9. The third kappa shape index (κ3) is 5.56. The summed E-state index contributed by atoms with van der Waals surface area (Å²) in [6.07, 6.45) is 0. The van der Waals surface area contributed by atoms with Gasteiger partial charge in [-0.15, -0.1) is 0 Å². The third-order valence-corrected chi connectivity index (χ3v) is 3.84. The summed E-state index contributed by atoms with van der Waals surface area (Å²) in [6, 6.07) is 11.5. The molecular weight excluding hydrogens is 391 g/mol. The van der Waals surface area contributed by atoms with Gasteiger partial charge in [0.2, 0.25) is 0 Å². The average Bonchev–Trinajstić information content (AvgIpc) is 2.55. The molecule has 2 rings (SSSR count). The van der Waals surface area contributed by atoms with Crippen molar-refractivity contribution >= 4 is 33.6 Å². The third-order valence-electron chi connectivity index (χ3n) is 3.34. The van der Waals surface area contributed by atoms with Crippen molar-refractivity contribution in [1.82, 2.24) is 5.32 Å². The van der Waals surface area contributed by atoms with E-state index >= 15 is 0 Å². The second-order valence-corrected chi connectivity index (χ2v) is 6.60. The van der Waals surface area contributed by atoms with Crippen LogP contribution in [-0.4, -0.2) is 18.0 Å². The molecule has 7 heteroatoms. The summed E-state index contributed by atoms with van der Waals surface area (Å²) in [5.41, 5.74) is 0.592. The highest BCUT2D eigenvalue weighted by Crippen LogP contribution is 2.22. The fourth-order valence-corrected chi connectivity index (χ4v) is 2.39. The van der Waals surface area contributed by atoms with Gasteiger partial charge in [0.1, 0.15) is 6.04 Å². The molecule has 0 bridgehead atoms. The van der Waals surface area contributed by atoms with E-state index in [1.807, 2.05) is 6.07 Å². The number of para-hydroxylation sites is 1. The van der Waals surface area contributed by atoms with E-state index in [4.69, 9.17) is 4.74 Å². The summed E-state index contributed by atoms with van der Waals surface area (Å²) < 4.78 is 19.4. The molecule has 1 unspecified atom stereocenters. The highest BCUT2D eigenvalue weighted by atomic mass is 79.9. The lowest BCUT2D eigenvalue weighted by Gasteiger charge is -2.21. The normalized spacial score (nSPS) is 11.7. The number of carbonyl (C=O) groups excluding carboxylic acids is 2. The number of halogens is 2. The second-order valence-electron chi connectivity index (χ2n) is 5.68. The second kappa shape index (κ2) is 8.62. The molecule has 0 saturated heterocycles. The van der Waals surface area contributed by atoms with E-state index in [9.17, 15) is 14.0 Å². The van der Waals surface area contributed by atoms with Gasteiger partial charge in [-0.25, -0.2) is 14.0 Å². The number of esters is 1. The Kier molecular flexibility index (Phi) is 6.52. The first-order valence-electron chi connectivity index (χ1n) is 7.66. The van der Waals surface area contributed by atoms with Crippen molar-refractivity contribution in [3.05, 3.63) is 58.8 Å². The van der Waals surface area contributed by atoms with Crippen molar-refractivity contribution < 1.29 is 18.7 Å². The number of benzene rings is 2. The highest BCUT2D eigenvalue weighted by molar-refractivity contribution is 9.10. The molecule has 132 valence electrons. The van der Waals surface area contributed by atoms with E-state index in [-0.39, 0.29) is 11.7 Å². The zero-order valence-electron chi connectivity index (χ0n) is 13.8. The first-order valence-corrected chi connectivity index (χ1v) is 8.45. The molecule has 5 nitrogen and oxygen atoms in total. The molecule has 2 amide bonds. The van der Waals surface area contributed by atoms with E-state index in [0.29, 0.717) is 10.2 Å². The Labute approximate surface area is 153 Å². The SMILES string of the molecule is CC(C)C(NC(=O)Nc1ccccc1)C(=O)Oc1ccc(Br)cc1F. The van der Waals surface area contributed by atoms with Crippen molar-refractivity contribution in [2.75, 3.05) is 5.32 Å². The minimum atomic E-state index is -0.924. The molecule has 0 aliphatic rings. The van der Waals surface area contributed by atoms with Crippen LogP contribution in [0.4, 0.5) is 14.9 Å². The van der Waals surface area contributed by atoms with Crippen LogP contribution in [0.2, 0.25) is 0 Å². The molecule has 25 heavy (non-hydrogen) atoms. The molecule has 1 atom stereocenters. The number of urea groups is 1. The minimum absolute atomic E-state index is 0.191. The molecule has 0 aromatic heterocycles. The number of rotatable bonds is 5. The molecule has 2 aromatic carbocycles. The Bertz CT molecular complexity index is 753. The van der Waals surface area contributed by atoms with Gasteiger partial charge in [-0.2, -0.15) is 0 Å². The molecule has 0 saturated carbocycles. The van der Waals surface area contributed by atoms with Gasteiger partial charge in [-0.3, -0.25) is 0 Å². The summed E-state index contributed by atoms with van der Waals surface area (Å²) in [5.74, 6) is -1.84. The monoisotopic (exact) mass is 408 g/mol. The van der Waals surface area contributed by atoms with Crippen molar-refractivity contribution in [3.63, 3.8) is 0 Å². The Hall–Kier alpha value is -2.41. The summed E-state index contributed by atoms with van der Waals surface area (Å²) in [4.78, 5) is 24.4. The van der Waals surface area contributed by atoms with Crippen LogP contribution in [0, 0.1) is 11.7 Å². The fraction of sp³-hybridized carbons (Fsp3) is 0.222. The van der Waals surface area contributed by atoms with E-state index in [1.54, 1.807) is 44.2 Å². The molecule has 0 radical (unpaired) electrons. The smallest absolute Gasteiger partial charge is 0.334 e. The van der Waals surface area contributed by atoms with Crippen LogP contribution in [0.5, 0.6) is 5.75 Å². The summed E-state index contributed by atoms with van der Waals surface area (Å²) in [6.45, 7) is 3.51. The average molecular weight is 409 g/mol. The number of nitrogens with one attached hydrogen (secondary N) is 2. The lowest BCUT2D eigenvalue weighted by Crippen LogP contribution is -2.48. The van der Waals surface area contributed by atoms with Gasteiger partial charge in [-0.1, -0.05) is 48.0 Å². The summed E-state index contributed by atoms with van der Waals surface area (Å²) in [7, 11) is 0. The van der Waals surface area contributed by atoms with Crippen LogP contribution in [0.25, 0.3) is 0 Å². The lowest BCUT2D eigenvalue weighted by molar-refractivity contribution is -0.137. The highest BCUT2D eigenvalue weighted by Gasteiger charge is 2.27. The van der Waals surface area contributed by atoms with Gasteiger partial charge in [0, 0.05) is 10.2 Å². The minimum Gasteiger partial charge on any atom is -0.422 e. The van der Waals surface area contributed by atoms with Crippen molar-refractivity contribution in [2.45, 2.75) is 19.9 Å². The summed E-state index contributed by atoms with van der Waals surface area (Å²) in [5, 5.41) is 5.19. The Morgan fingerprint density at radius 2 is 1.80 bits per heavy atom. The largest absolute Gasteiger partial charge is 0.422 e. The molecule has 0 heterocycles. The van der Waals surface area contributed by atoms with Gasteiger partial charge in [-0.05, 0) is 36.2 Å². The molecule has 2 N–H and O–H groups in total. The van der Waals surface area contributed by atoms with Crippen molar-refractivity contribution in [2.24, 2.45) is 5.92 Å². The van der Waals surface area contributed by atoms with Crippen LogP contribution < -0.4 is 15.4 Å². The zero-order chi connectivity index (χ0) is 18.4. The van der Waals surface area contributed by atoms with Crippen LogP contribution in [0.3, 0.4) is 0 Å². The van der Waals surface area contributed by atoms with Gasteiger partial charge < -0.3 is 15.4 Å². The van der Waals surface area contributed by atoms with Gasteiger partial charge >= 0.3 is 12.0 Å². The predicted octanol–water partition coefficient (Wildman–Crippen LogP) is 4.34. The molecule has 0 aliphatic carbocycles. The first-order chi connectivity index (χ1) is 11.9. The quantitative estimate of drug-likeness (QED) is 0.570. The number of ether oxygens (including phenoxy) is 1. The number of carbonyl (C=O) groups is 2. The number of anilines is 1. The maximum Gasteiger partial charge on any atom is 0.334 e. The van der Waals surface area contributed by atoms with Crippen LogP contribution in [0.15, 0.2) is 53.0 Å². The standard InChI is InChI=1S/C18H18BrFN2O3/c1-11(2)16(22-18(24)21-13-6-4-3-5-7-13)17(23)25-15-9-8-12(19)10-14(15)20/h3-11,16H,1-2H3,(H2,21,22,24). The number of hydrogen-bond donors (Lipinski definition) is 2. The maximum absolute atomic E-state index is 13.8. The van der Waals surface area contributed by atoms with Crippen LogP contribution >= 0.6 is 15.9 Å². The molecule has 0 fully saturated rings. The zero-order valence-corrected chi connectivity index (χ0v) is 15.3. The van der Waals surface area contributed by atoms with Crippen molar-refractivity contribution in [3.8, 4) is 5.75 Å². The Morgan fingerprint density at radius 1 is 1.12 bits per heavy atom. The van der Waals surface area contributed by atoms with Gasteiger partial charge in [0.15, 0.2) is 11.6 Å². The number of amides is 2. The van der Waals surface area contributed by atoms with E-state index in [2.05, 4.69) is 26.6 Å². The number of hydrogen-bond acceptors (Lipinski definition) is 3. The topological polar surface area (TPSA) is 67.4 Å². The molecule has 0 spiro atoms. The van der Waals surface area contributed by atoms with E-state index in [1.165, 1.54) is 12.1 Å². The fourth-order valence-electron chi connectivity index (χ4n) is 2.06. The van der Waals surface area contributed by atoms with Gasteiger partial charge in [0.25, 0.3) is 0 Å².